The molecule has 1 aliphatic heterocycles. The third kappa shape index (κ3) is 2.67. The van der Waals surface area contributed by atoms with Gasteiger partial charge in [-0.15, -0.1) is 11.8 Å². The third-order valence-corrected chi connectivity index (χ3v) is 7.96. The van der Waals surface area contributed by atoms with Crippen molar-refractivity contribution in [1.29, 1.82) is 0 Å². The summed E-state index contributed by atoms with van der Waals surface area (Å²) in [4.78, 5) is 4.04. The van der Waals surface area contributed by atoms with E-state index in [0.717, 1.165) is 17.9 Å². The second kappa shape index (κ2) is 5.88. The van der Waals surface area contributed by atoms with Gasteiger partial charge in [-0.25, -0.2) is 8.42 Å². The van der Waals surface area contributed by atoms with Crippen molar-refractivity contribution < 1.29 is 13.5 Å². The van der Waals surface area contributed by atoms with Gasteiger partial charge >= 0.3 is 0 Å². The Bertz CT molecular complexity index is 834. The standard InChI is InChI=1S/C14H15ClN2O3S2/c1-8-4-11-9(5-10(8)15)14(18)12(6-17-11)22(19,20)13-7-16-2-3-21-13/h4-6,13,16H,2-3,7H2,1H3,(H,17,18). The summed E-state index contributed by atoms with van der Waals surface area (Å²) >= 11 is 7.44. The maximum atomic E-state index is 12.7. The summed E-state index contributed by atoms with van der Waals surface area (Å²) in [6, 6.07) is 3.28. The molecule has 1 unspecified atom stereocenters. The highest BCUT2D eigenvalue weighted by Crippen LogP contribution is 2.36. The van der Waals surface area contributed by atoms with Gasteiger partial charge in [0, 0.05) is 29.3 Å². The van der Waals surface area contributed by atoms with E-state index in [-0.39, 0.29) is 10.6 Å². The van der Waals surface area contributed by atoms with E-state index in [9.17, 15) is 13.5 Å². The highest BCUT2D eigenvalue weighted by molar-refractivity contribution is 8.13. The summed E-state index contributed by atoms with van der Waals surface area (Å²) in [6.45, 7) is 2.97. The maximum Gasteiger partial charge on any atom is 0.196 e. The molecule has 2 heterocycles. The molecule has 0 spiro atoms. The lowest BCUT2D eigenvalue weighted by molar-refractivity contribution is 0.464. The van der Waals surface area contributed by atoms with Crippen LogP contribution in [0.4, 0.5) is 0 Å². The van der Waals surface area contributed by atoms with Crippen molar-refractivity contribution in [3.05, 3.63) is 28.9 Å². The Kier molecular flexibility index (Phi) is 4.24. The van der Waals surface area contributed by atoms with Crippen molar-refractivity contribution in [3.63, 3.8) is 0 Å². The molecule has 3 rings (SSSR count). The average molecular weight is 359 g/mol. The van der Waals surface area contributed by atoms with Gasteiger partial charge in [-0.2, -0.15) is 0 Å². The summed E-state index contributed by atoms with van der Waals surface area (Å²) in [7, 11) is -3.66. The van der Waals surface area contributed by atoms with Crippen LogP contribution in [0.1, 0.15) is 5.56 Å². The van der Waals surface area contributed by atoms with E-state index in [1.165, 1.54) is 18.0 Å². The lowest BCUT2D eigenvalue weighted by Gasteiger charge is -2.22. The Labute approximate surface area is 138 Å². The molecule has 2 aromatic rings. The number of aryl methyl sites for hydroxylation is 1. The molecule has 0 amide bonds. The monoisotopic (exact) mass is 358 g/mol. The molecule has 5 nitrogen and oxygen atoms in total. The Morgan fingerprint density at radius 1 is 1.45 bits per heavy atom. The van der Waals surface area contributed by atoms with E-state index in [1.807, 2.05) is 6.92 Å². The zero-order chi connectivity index (χ0) is 15.9. The first kappa shape index (κ1) is 15.9. The van der Waals surface area contributed by atoms with Crippen LogP contribution >= 0.6 is 23.4 Å². The molecular formula is C14H15ClN2O3S2. The highest BCUT2D eigenvalue weighted by atomic mass is 35.5. The minimum absolute atomic E-state index is 0.138. The van der Waals surface area contributed by atoms with Crippen LogP contribution < -0.4 is 5.32 Å². The molecule has 0 radical (unpaired) electrons. The first-order valence-electron chi connectivity index (χ1n) is 6.75. The van der Waals surface area contributed by atoms with Crippen LogP contribution in [0, 0.1) is 6.92 Å². The van der Waals surface area contributed by atoms with Gasteiger partial charge < -0.3 is 10.4 Å². The first-order chi connectivity index (χ1) is 10.4. The van der Waals surface area contributed by atoms with Gasteiger partial charge in [-0.3, -0.25) is 4.98 Å². The van der Waals surface area contributed by atoms with Gasteiger partial charge in [0.1, 0.15) is 15.2 Å². The molecule has 1 atom stereocenters. The largest absolute Gasteiger partial charge is 0.506 e. The minimum Gasteiger partial charge on any atom is -0.506 e. The van der Waals surface area contributed by atoms with Crippen LogP contribution in [0.3, 0.4) is 0 Å². The van der Waals surface area contributed by atoms with E-state index in [0.29, 0.717) is 22.5 Å². The molecule has 22 heavy (non-hydrogen) atoms. The number of benzene rings is 1. The summed E-state index contributed by atoms with van der Waals surface area (Å²) in [5, 5.41) is 14.3. The van der Waals surface area contributed by atoms with Crippen molar-refractivity contribution >= 4 is 44.1 Å². The van der Waals surface area contributed by atoms with Crippen LogP contribution in [-0.4, -0.2) is 41.9 Å². The van der Waals surface area contributed by atoms with Crippen LogP contribution in [0.25, 0.3) is 10.9 Å². The molecule has 118 valence electrons. The van der Waals surface area contributed by atoms with Crippen molar-refractivity contribution in [2.24, 2.45) is 0 Å². The number of aromatic nitrogens is 1. The fourth-order valence-electron chi connectivity index (χ4n) is 2.38. The molecule has 1 aromatic heterocycles. The van der Waals surface area contributed by atoms with E-state index in [2.05, 4.69) is 10.3 Å². The van der Waals surface area contributed by atoms with E-state index in [4.69, 9.17) is 11.6 Å². The molecule has 1 saturated heterocycles. The molecule has 2 N–H and O–H groups in total. The lowest BCUT2D eigenvalue weighted by Crippen LogP contribution is -2.37. The van der Waals surface area contributed by atoms with Gasteiger partial charge in [0.25, 0.3) is 0 Å². The van der Waals surface area contributed by atoms with Crippen LogP contribution in [0.2, 0.25) is 5.02 Å². The Morgan fingerprint density at radius 2 is 2.23 bits per heavy atom. The average Bonchev–Trinajstić information content (AvgIpc) is 2.50. The molecule has 0 aliphatic carbocycles. The predicted molar refractivity (Wildman–Crippen MR) is 89.5 cm³/mol. The zero-order valence-electron chi connectivity index (χ0n) is 11.8. The van der Waals surface area contributed by atoms with Crippen LogP contribution in [0.15, 0.2) is 23.2 Å². The number of rotatable bonds is 2. The van der Waals surface area contributed by atoms with Crippen molar-refractivity contribution in [2.45, 2.75) is 16.4 Å². The third-order valence-electron chi connectivity index (χ3n) is 3.63. The molecule has 1 aliphatic rings. The van der Waals surface area contributed by atoms with Crippen molar-refractivity contribution in [1.82, 2.24) is 10.3 Å². The fourth-order valence-corrected chi connectivity index (χ4v) is 5.82. The summed E-state index contributed by atoms with van der Waals surface area (Å²) < 4.78 is 24.8. The second-order valence-corrected chi connectivity index (χ2v) is 9.25. The second-order valence-electron chi connectivity index (χ2n) is 5.14. The number of fused-ring (bicyclic) bond motifs is 1. The van der Waals surface area contributed by atoms with Gasteiger partial charge in [0.05, 0.1) is 11.7 Å². The Hall–Kier alpha value is -1.02. The lowest BCUT2D eigenvalue weighted by atomic mass is 10.1. The van der Waals surface area contributed by atoms with E-state index >= 15 is 0 Å². The maximum absolute atomic E-state index is 12.7. The predicted octanol–water partition coefficient (Wildman–Crippen LogP) is 2.34. The normalized spacial score (nSPS) is 19.5. The smallest absolute Gasteiger partial charge is 0.196 e. The number of pyridine rings is 1. The number of thioether (sulfide) groups is 1. The minimum atomic E-state index is -3.66. The van der Waals surface area contributed by atoms with Crippen LogP contribution in [0.5, 0.6) is 5.75 Å². The van der Waals surface area contributed by atoms with E-state index in [1.54, 1.807) is 12.1 Å². The number of halogens is 1. The number of nitrogens with zero attached hydrogens (tertiary/aromatic N) is 1. The number of hydrogen-bond donors (Lipinski definition) is 2. The topological polar surface area (TPSA) is 79.3 Å². The molecule has 0 saturated carbocycles. The molecule has 1 fully saturated rings. The van der Waals surface area contributed by atoms with Gasteiger partial charge in [-0.05, 0) is 24.6 Å². The Balaban J connectivity index is 2.15. The molecule has 0 bridgehead atoms. The quantitative estimate of drug-likeness (QED) is 0.857. The first-order valence-corrected chi connectivity index (χ1v) is 9.72. The van der Waals surface area contributed by atoms with Gasteiger partial charge in [0.2, 0.25) is 0 Å². The van der Waals surface area contributed by atoms with Crippen LogP contribution in [-0.2, 0) is 9.84 Å². The number of hydrogen-bond acceptors (Lipinski definition) is 6. The van der Waals surface area contributed by atoms with Crippen molar-refractivity contribution in [3.8, 4) is 5.75 Å². The molecule has 8 heteroatoms. The summed E-state index contributed by atoms with van der Waals surface area (Å²) in [5.74, 6) is 0.439. The zero-order valence-corrected chi connectivity index (χ0v) is 14.2. The SMILES string of the molecule is Cc1cc2ncc(S(=O)(=O)C3CNCCS3)c(O)c2cc1Cl. The Morgan fingerprint density at radius 3 is 2.91 bits per heavy atom. The van der Waals surface area contributed by atoms with Crippen molar-refractivity contribution in [2.75, 3.05) is 18.8 Å². The number of aromatic hydroxyl groups is 1. The molecule has 1 aromatic carbocycles. The summed E-state index contributed by atoms with van der Waals surface area (Å²) in [6.07, 6.45) is 1.23. The van der Waals surface area contributed by atoms with Gasteiger partial charge in [-0.1, -0.05) is 11.6 Å². The fraction of sp³-hybridized carbons (Fsp3) is 0.357. The summed E-state index contributed by atoms with van der Waals surface area (Å²) in [5.41, 5.74) is 1.34. The molecular weight excluding hydrogens is 344 g/mol. The van der Waals surface area contributed by atoms with E-state index < -0.39 is 14.4 Å². The van der Waals surface area contributed by atoms with Gasteiger partial charge in [0.15, 0.2) is 9.84 Å². The number of nitrogens with one attached hydrogen (secondary N) is 1. The number of sulfone groups is 1. The highest BCUT2D eigenvalue weighted by Gasteiger charge is 2.32.